The lowest BCUT2D eigenvalue weighted by molar-refractivity contribution is -0.146. The van der Waals surface area contributed by atoms with Crippen LogP contribution in [-0.4, -0.2) is 23.7 Å². The maximum Gasteiger partial charge on any atom is 0.315 e. The molecule has 1 unspecified atom stereocenters. The fourth-order valence-electron chi connectivity index (χ4n) is 1.23. The number of nitrogens with one attached hydrogen (secondary N) is 2. The van der Waals surface area contributed by atoms with Gasteiger partial charge in [0.15, 0.2) is 0 Å². The Hall–Kier alpha value is -1.56. The van der Waals surface area contributed by atoms with Crippen LogP contribution < -0.4 is 10.6 Å². The Morgan fingerprint density at radius 2 is 2.17 bits per heavy atom. The van der Waals surface area contributed by atoms with Gasteiger partial charge in [-0.15, -0.1) is 11.3 Å². The zero-order valence-electron chi connectivity index (χ0n) is 10.7. The van der Waals surface area contributed by atoms with E-state index in [0.717, 1.165) is 4.88 Å². The minimum Gasteiger partial charge on any atom is -0.481 e. The van der Waals surface area contributed by atoms with Gasteiger partial charge in [0.05, 0.1) is 11.5 Å². The molecule has 100 valence electrons. The number of carbonyl (C=O) groups excluding carboxylic acids is 1. The van der Waals surface area contributed by atoms with Crippen LogP contribution in [0.25, 0.3) is 0 Å². The summed E-state index contributed by atoms with van der Waals surface area (Å²) in [6.07, 6.45) is 0. The smallest absolute Gasteiger partial charge is 0.315 e. The first-order chi connectivity index (χ1) is 8.33. The van der Waals surface area contributed by atoms with Crippen LogP contribution in [0.1, 0.15) is 31.7 Å². The topological polar surface area (TPSA) is 78.4 Å². The van der Waals surface area contributed by atoms with Gasteiger partial charge < -0.3 is 15.7 Å². The summed E-state index contributed by atoms with van der Waals surface area (Å²) in [4.78, 5) is 23.5. The summed E-state index contributed by atoms with van der Waals surface area (Å²) in [5.41, 5.74) is -0.969. The molecule has 0 radical (unpaired) electrons. The molecule has 2 amide bonds. The summed E-state index contributed by atoms with van der Waals surface area (Å²) >= 11 is 1.56. The van der Waals surface area contributed by atoms with E-state index in [0.29, 0.717) is 0 Å². The molecule has 1 aromatic rings. The monoisotopic (exact) mass is 270 g/mol. The van der Waals surface area contributed by atoms with Crippen molar-refractivity contribution in [1.82, 2.24) is 10.6 Å². The van der Waals surface area contributed by atoms with Crippen LogP contribution in [0.2, 0.25) is 0 Å². The van der Waals surface area contributed by atoms with Crippen molar-refractivity contribution < 1.29 is 14.7 Å². The summed E-state index contributed by atoms with van der Waals surface area (Å²) in [6.45, 7) is 5.11. The average Bonchev–Trinajstić information content (AvgIpc) is 2.79. The van der Waals surface area contributed by atoms with Crippen molar-refractivity contribution in [3.8, 4) is 0 Å². The Labute approximate surface area is 110 Å². The molecule has 1 atom stereocenters. The molecular formula is C12H18N2O3S. The van der Waals surface area contributed by atoms with Gasteiger partial charge in [-0.1, -0.05) is 6.07 Å². The summed E-state index contributed by atoms with van der Waals surface area (Å²) in [6, 6.07) is 3.42. The third-order valence-electron chi connectivity index (χ3n) is 2.59. The quantitative estimate of drug-likeness (QED) is 0.767. The third kappa shape index (κ3) is 4.03. The minimum absolute atomic E-state index is 0.0852. The maximum atomic E-state index is 11.6. The molecule has 0 saturated carbocycles. The Morgan fingerprint density at radius 1 is 1.50 bits per heavy atom. The van der Waals surface area contributed by atoms with Gasteiger partial charge in [-0.25, -0.2) is 4.79 Å². The van der Waals surface area contributed by atoms with Crippen LogP contribution in [0.5, 0.6) is 0 Å². The van der Waals surface area contributed by atoms with Crippen molar-refractivity contribution in [2.75, 3.05) is 6.54 Å². The Bertz CT molecular complexity index is 415. The molecule has 3 N–H and O–H groups in total. The van der Waals surface area contributed by atoms with Crippen LogP contribution in [0.15, 0.2) is 17.5 Å². The number of amides is 2. The fraction of sp³-hybridized carbons (Fsp3) is 0.500. The van der Waals surface area contributed by atoms with Gasteiger partial charge in [0.1, 0.15) is 0 Å². The molecule has 1 rings (SSSR count). The zero-order chi connectivity index (χ0) is 13.8. The average molecular weight is 270 g/mol. The molecular weight excluding hydrogens is 252 g/mol. The maximum absolute atomic E-state index is 11.6. The molecule has 0 aliphatic heterocycles. The molecule has 5 nitrogen and oxygen atoms in total. The highest BCUT2D eigenvalue weighted by Gasteiger charge is 2.27. The van der Waals surface area contributed by atoms with Gasteiger partial charge in [0.2, 0.25) is 0 Å². The van der Waals surface area contributed by atoms with Gasteiger partial charge >= 0.3 is 12.0 Å². The van der Waals surface area contributed by atoms with E-state index in [9.17, 15) is 9.59 Å². The zero-order valence-corrected chi connectivity index (χ0v) is 11.5. The first-order valence-corrected chi connectivity index (χ1v) is 6.52. The van der Waals surface area contributed by atoms with E-state index >= 15 is 0 Å². The molecule has 0 aliphatic carbocycles. The normalized spacial score (nSPS) is 12.8. The first kappa shape index (κ1) is 14.5. The van der Waals surface area contributed by atoms with Crippen LogP contribution in [0, 0.1) is 5.41 Å². The number of aliphatic carboxylic acids is 1. The second-order valence-electron chi connectivity index (χ2n) is 4.75. The highest BCUT2D eigenvalue weighted by atomic mass is 32.1. The molecule has 1 heterocycles. The van der Waals surface area contributed by atoms with E-state index in [4.69, 9.17) is 5.11 Å². The van der Waals surface area contributed by atoms with Gasteiger partial charge in [-0.2, -0.15) is 0 Å². The van der Waals surface area contributed by atoms with Crippen LogP contribution >= 0.6 is 11.3 Å². The van der Waals surface area contributed by atoms with Gasteiger partial charge in [0.25, 0.3) is 0 Å². The molecule has 1 aromatic heterocycles. The number of rotatable bonds is 5. The van der Waals surface area contributed by atoms with Crippen LogP contribution in [-0.2, 0) is 4.79 Å². The van der Waals surface area contributed by atoms with E-state index in [1.54, 1.807) is 25.2 Å². The predicted octanol–water partition coefficient (Wildman–Crippen LogP) is 2.22. The Kier molecular flexibility index (Phi) is 4.72. The number of carboxylic acids is 1. The number of carboxylic acid groups (broad SMARTS) is 1. The SMILES string of the molecule is CC(NC(=O)NCC(C)(C)C(=O)O)c1cccs1. The molecule has 0 bridgehead atoms. The molecule has 0 saturated heterocycles. The molecule has 0 aliphatic rings. The second kappa shape index (κ2) is 5.86. The fourth-order valence-corrected chi connectivity index (χ4v) is 1.97. The number of thiophene rings is 1. The number of urea groups is 1. The van der Waals surface area contributed by atoms with Crippen molar-refractivity contribution in [3.05, 3.63) is 22.4 Å². The summed E-state index contributed by atoms with van der Waals surface area (Å²) in [5.74, 6) is -0.936. The third-order valence-corrected chi connectivity index (χ3v) is 3.64. The van der Waals surface area contributed by atoms with Gasteiger partial charge in [-0.05, 0) is 32.2 Å². The summed E-state index contributed by atoms with van der Waals surface area (Å²) in [5, 5.41) is 16.2. The Morgan fingerprint density at radius 3 is 2.67 bits per heavy atom. The summed E-state index contributed by atoms with van der Waals surface area (Å²) in [7, 11) is 0. The van der Waals surface area contributed by atoms with Crippen molar-refractivity contribution in [2.24, 2.45) is 5.41 Å². The minimum atomic E-state index is -0.969. The van der Waals surface area contributed by atoms with E-state index in [2.05, 4.69) is 10.6 Å². The van der Waals surface area contributed by atoms with Gasteiger partial charge in [-0.3, -0.25) is 4.79 Å². The lowest BCUT2D eigenvalue weighted by atomic mass is 9.94. The van der Waals surface area contributed by atoms with Gasteiger partial charge in [0, 0.05) is 11.4 Å². The lowest BCUT2D eigenvalue weighted by Crippen LogP contribution is -2.44. The summed E-state index contributed by atoms with van der Waals surface area (Å²) < 4.78 is 0. The number of hydrogen-bond donors (Lipinski definition) is 3. The molecule has 0 fully saturated rings. The van der Waals surface area contributed by atoms with Crippen molar-refractivity contribution >= 4 is 23.3 Å². The second-order valence-corrected chi connectivity index (χ2v) is 5.73. The Balaban J connectivity index is 2.41. The predicted molar refractivity (Wildman–Crippen MR) is 70.7 cm³/mol. The number of carbonyl (C=O) groups is 2. The number of hydrogen-bond acceptors (Lipinski definition) is 3. The molecule has 0 spiro atoms. The van der Waals surface area contributed by atoms with E-state index < -0.39 is 11.4 Å². The largest absolute Gasteiger partial charge is 0.481 e. The van der Waals surface area contributed by atoms with Crippen molar-refractivity contribution in [1.29, 1.82) is 0 Å². The van der Waals surface area contributed by atoms with Crippen LogP contribution in [0.3, 0.4) is 0 Å². The first-order valence-electron chi connectivity index (χ1n) is 5.64. The van der Waals surface area contributed by atoms with E-state index in [1.165, 1.54) is 0 Å². The highest BCUT2D eigenvalue weighted by molar-refractivity contribution is 7.10. The highest BCUT2D eigenvalue weighted by Crippen LogP contribution is 2.18. The van der Waals surface area contributed by atoms with E-state index in [-0.39, 0.29) is 18.6 Å². The van der Waals surface area contributed by atoms with Crippen molar-refractivity contribution in [3.63, 3.8) is 0 Å². The molecule has 18 heavy (non-hydrogen) atoms. The standard InChI is InChI=1S/C12H18N2O3S/c1-8(9-5-4-6-18-9)14-11(17)13-7-12(2,3)10(15)16/h4-6,8H,7H2,1-3H3,(H,15,16)(H2,13,14,17). The lowest BCUT2D eigenvalue weighted by Gasteiger charge is -2.20. The molecule has 0 aromatic carbocycles. The van der Waals surface area contributed by atoms with E-state index in [1.807, 2.05) is 24.4 Å². The van der Waals surface area contributed by atoms with Crippen molar-refractivity contribution in [2.45, 2.75) is 26.8 Å². The van der Waals surface area contributed by atoms with Crippen LogP contribution in [0.4, 0.5) is 4.79 Å². The molecule has 6 heteroatoms.